The van der Waals surface area contributed by atoms with Crippen LogP contribution in [0.25, 0.3) is 0 Å². The van der Waals surface area contributed by atoms with Gasteiger partial charge in [-0.05, 0) is 32.3 Å². The van der Waals surface area contributed by atoms with Crippen LogP contribution in [0, 0.1) is 6.92 Å². The quantitative estimate of drug-likeness (QED) is 0.669. The lowest BCUT2D eigenvalue weighted by molar-refractivity contribution is 0.162. The standard InChI is InChI=1S/C14H23NO2/c1-11-3-6-13(7-4-11)8-5-12(2)15-14(9-16)10-17/h3-4,6-7,12,14-17H,5,8-10H2,1-2H3/t12-/m0/s1. The van der Waals surface area contributed by atoms with Crippen molar-refractivity contribution < 1.29 is 10.2 Å². The third-order valence-electron chi connectivity index (χ3n) is 2.95. The lowest BCUT2D eigenvalue weighted by Gasteiger charge is -2.19. The average Bonchev–Trinajstić information content (AvgIpc) is 2.35. The van der Waals surface area contributed by atoms with E-state index in [9.17, 15) is 0 Å². The van der Waals surface area contributed by atoms with Crippen LogP contribution in [0.3, 0.4) is 0 Å². The highest BCUT2D eigenvalue weighted by molar-refractivity contribution is 5.21. The molecule has 0 radical (unpaired) electrons. The Morgan fingerprint density at radius 2 is 1.71 bits per heavy atom. The van der Waals surface area contributed by atoms with Crippen molar-refractivity contribution in [2.24, 2.45) is 0 Å². The van der Waals surface area contributed by atoms with E-state index in [1.165, 1.54) is 11.1 Å². The molecule has 0 amide bonds. The summed E-state index contributed by atoms with van der Waals surface area (Å²) in [6.45, 7) is 4.12. The molecule has 96 valence electrons. The summed E-state index contributed by atoms with van der Waals surface area (Å²) in [6.07, 6.45) is 2.01. The molecule has 0 saturated heterocycles. The van der Waals surface area contributed by atoms with E-state index in [2.05, 4.69) is 43.4 Å². The molecule has 0 spiro atoms. The molecule has 3 N–H and O–H groups in total. The minimum absolute atomic E-state index is 0.0224. The Hall–Kier alpha value is -0.900. The van der Waals surface area contributed by atoms with E-state index in [1.54, 1.807) is 0 Å². The second-order valence-corrected chi connectivity index (χ2v) is 4.65. The number of aliphatic hydroxyl groups is 2. The Balaban J connectivity index is 2.32. The molecule has 0 heterocycles. The zero-order chi connectivity index (χ0) is 12.7. The van der Waals surface area contributed by atoms with E-state index in [-0.39, 0.29) is 19.3 Å². The summed E-state index contributed by atoms with van der Waals surface area (Å²) in [5, 5.41) is 21.1. The highest BCUT2D eigenvalue weighted by Crippen LogP contribution is 2.07. The first-order valence-electron chi connectivity index (χ1n) is 6.19. The second-order valence-electron chi connectivity index (χ2n) is 4.65. The van der Waals surface area contributed by atoms with Crippen LogP contribution in [0.1, 0.15) is 24.5 Å². The van der Waals surface area contributed by atoms with E-state index in [4.69, 9.17) is 10.2 Å². The molecular weight excluding hydrogens is 214 g/mol. The van der Waals surface area contributed by atoms with Gasteiger partial charge in [-0.1, -0.05) is 29.8 Å². The molecule has 0 aliphatic carbocycles. The van der Waals surface area contributed by atoms with Crippen LogP contribution in [0.15, 0.2) is 24.3 Å². The van der Waals surface area contributed by atoms with Crippen LogP contribution in [-0.4, -0.2) is 35.5 Å². The van der Waals surface area contributed by atoms with Gasteiger partial charge in [0.15, 0.2) is 0 Å². The van der Waals surface area contributed by atoms with Gasteiger partial charge >= 0.3 is 0 Å². The Morgan fingerprint density at radius 1 is 1.12 bits per heavy atom. The summed E-state index contributed by atoms with van der Waals surface area (Å²) in [4.78, 5) is 0. The topological polar surface area (TPSA) is 52.5 Å². The zero-order valence-electron chi connectivity index (χ0n) is 10.7. The maximum atomic E-state index is 8.97. The molecule has 1 rings (SSSR count). The van der Waals surface area contributed by atoms with Crippen LogP contribution >= 0.6 is 0 Å². The van der Waals surface area contributed by atoms with Crippen LogP contribution in [0.2, 0.25) is 0 Å². The van der Waals surface area contributed by atoms with Gasteiger partial charge in [-0.25, -0.2) is 0 Å². The first-order valence-corrected chi connectivity index (χ1v) is 6.19. The highest BCUT2D eigenvalue weighted by Gasteiger charge is 2.09. The van der Waals surface area contributed by atoms with Crippen molar-refractivity contribution in [3.63, 3.8) is 0 Å². The van der Waals surface area contributed by atoms with E-state index in [1.807, 2.05) is 0 Å². The number of benzene rings is 1. The van der Waals surface area contributed by atoms with Gasteiger partial charge in [0.1, 0.15) is 0 Å². The number of hydrogen-bond donors (Lipinski definition) is 3. The summed E-state index contributed by atoms with van der Waals surface area (Å²) < 4.78 is 0. The van der Waals surface area contributed by atoms with E-state index in [0.717, 1.165) is 12.8 Å². The van der Waals surface area contributed by atoms with E-state index in [0.29, 0.717) is 6.04 Å². The molecule has 0 fully saturated rings. The molecule has 0 bridgehead atoms. The van der Waals surface area contributed by atoms with Gasteiger partial charge in [0.25, 0.3) is 0 Å². The summed E-state index contributed by atoms with van der Waals surface area (Å²) in [5.41, 5.74) is 2.61. The van der Waals surface area contributed by atoms with Crippen molar-refractivity contribution in [1.29, 1.82) is 0 Å². The number of aliphatic hydroxyl groups excluding tert-OH is 2. The summed E-state index contributed by atoms with van der Waals surface area (Å²) in [5.74, 6) is 0. The molecule has 1 aromatic carbocycles. The largest absolute Gasteiger partial charge is 0.395 e. The lowest BCUT2D eigenvalue weighted by Crippen LogP contribution is -2.41. The van der Waals surface area contributed by atoms with Crippen molar-refractivity contribution in [2.45, 2.75) is 38.8 Å². The molecule has 0 unspecified atom stereocenters. The summed E-state index contributed by atoms with van der Waals surface area (Å²) >= 11 is 0. The van der Waals surface area contributed by atoms with Crippen LogP contribution in [0.5, 0.6) is 0 Å². The first-order chi connectivity index (χ1) is 8.15. The van der Waals surface area contributed by atoms with Gasteiger partial charge in [0.2, 0.25) is 0 Å². The summed E-state index contributed by atoms with van der Waals surface area (Å²) in [7, 11) is 0. The van der Waals surface area contributed by atoms with Crippen LogP contribution in [0.4, 0.5) is 0 Å². The molecule has 0 aliphatic rings. The van der Waals surface area contributed by atoms with Gasteiger partial charge in [-0.3, -0.25) is 0 Å². The van der Waals surface area contributed by atoms with Gasteiger partial charge in [-0.15, -0.1) is 0 Å². The predicted molar refractivity (Wildman–Crippen MR) is 70.1 cm³/mol. The SMILES string of the molecule is Cc1ccc(CC[C@H](C)NC(CO)CO)cc1. The minimum atomic E-state index is -0.206. The molecule has 1 atom stereocenters. The van der Waals surface area contributed by atoms with Crippen LogP contribution < -0.4 is 5.32 Å². The number of rotatable bonds is 7. The Labute approximate surface area is 103 Å². The first kappa shape index (κ1) is 14.2. The molecule has 0 saturated carbocycles. The molecule has 3 nitrogen and oxygen atoms in total. The minimum Gasteiger partial charge on any atom is -0.395 e. The number of hydrogen-bond acceptors (Lipinski definition) is 3. The lowest BCUT2D eigenvalue weighted by atomic mass is 10.0. The van der Waals surface area contributed by atoms with E-state index >= 15 is 0 Å². The number of nitrogens with one attached hydrogen (secondary N) is 1. The zero-order valence-corrected chi connectivity index (χ0v) is 10.7. The normalized spacial score (nSPS) is 13.0. The van der Waals surface area contributed by atoms with E-state index < -0.39 is 0 Å². The Bertz CT molecular complexity index is 307. The fraction of sp³-hybridized carbons (Fsp3) is 0.571. The van der Waals surface area contributed by atoms with Gasteiger partial charge < -0.3 is 15.5 Å². The number of aryl methyl sites for hydroxylation is 2. The Morgan fingerprint density at radius 3 is 2.24 bits per heavy atom. The molecule has 3 heteroatoms. The molecule has 17 heavy (non-hydrogen) atoms. The van der Waals surface area contributed by atoms with Crippen LogP contribution in [-0.2, 0) is 6.42 Å². The average molecular weight is 237 g/mol. The van der Waals surface area contributed by atoms with Crippen molar-refractivity contribution in [2.75, 3.05) is 13.2 Å². The van der Waals surface area contributed by atoms with Crippen molar-refractivity contribution >= 4 is 0 Å². The fourth-order valence-corrected chi connectivity index (χ4v) is 1.79. The third kappa shape index (κ3) is 5.31. The van der Waals surface area contributed by atoms with Gasteiger partial charge in [0, 0.05) is 6.04 Å². The van der Waals surface area contributed by atoms with Crippen molar-refractivity contribution in [3.8, 4) is 0 Å². The van der Waals surface area contributed by atoms with Gasteiger partial charge in [0.05, 0.1) is 19.3 Å². The maximum absolute atomic E-state index is 8.97. The van der Waals surface area contributed by atoms with Gasteiger partial charge in [-0.2, -0.15) is 0 Å². The Kier molecular flexibility index (Phi) is 6.19. The molecule has 1 aromatic rings. The summed E-state index contributed by atoms with van der Waals surface area (Å²) in [6, 6.07) is 8.63. The maximum Gasteiger partial charge on any atom is 0.0607 e. The smallest absolute Gasteiger partial charge is 0.0607 e. The highest BCUT2D eigenvalue weighted by atomic mass is 16.3. The molecule has 0 aromatic heterocycles. The third-order valence-corrected chi connectivity index (χ3v) is 2.95. The second kappa shape index (κ2) is 7.43. The molecular formula is C14H23NO2. The fourth-order valence-electron chi connectivity index (χ4n) is 1.79. The van der Waals surface area contributed by atoms with Crippen molar-refractivity contribution in [3.05, 3.63) is 35.4 Å². The molecule has 0 aliphatic heterocycles. The monoisotopic (exact) mass is 237 g/mol. The predicted octanol–water partition coefficient (Wildman–Crippen LogP) is 1.26. The van der Waals surface area contributed by atoms with Crippen molar-refractivity contribution in [1.82, 2.24) is 5.32 Å².